The Bertz CT molecular complexity index is 587. The topological polar surface area (TPSA) is 29.9 Å². The zero-order valence-corrected chi connectivity index (χ0v) is 13.3. The van der Waals surface area contributed by atoms with Gasteiger partial charge in [0.15, 0.2) is 0 Å². The Balaban J connectivity index is 2.22. The molecule has 2 aromatic rings. The zero-order valence-electron chi connectivity index (χ0n) is 12.6. The van der Waals surface area contributed by atoms with Crippen LogP contribution in [0.3, 0.4) is 0 Å². The third-order valence-electron chi connectivity index (χ3n) is 3.37. The van der Waals surface area contributed by atoms with Gasteiger partial charge in [-0.05, 0) is 31.0 Å². The molecule has 0 bridgehead atoms. The van der Waals surface area contributed by atoms with Gasteiger partial charge in [0.25, 0.3) is 0 Å². The molecule has 1 N–H and O–H groups in total. The van der Waals surface area contributed by atoms with Gasteiger partial charge < -0.3 is 9.88 Å². The first-order chi connectivity index (χ1) is 9.47. The fraction of sp³-hybridized carbons (Fsp3) is 0.438. The lowest BCUT2D eigenvalue weighted by Crippen LogP contribution is -2.23. The molecule has 0 aliphatic rings. The number of hydrogen-bond donors (Lipinski definition) is 1. The van der Waals surface area contributed by atoms with E-state index in [0.29, 0.717) is 6.04 Å². The fourth-order valence-electron chi connectivity index (χ4n) is 2.13. The first-order valence-electron chi connectivity index (χ1n) is 6.96. The van der Waals surface area contributed by atoms with Crippen LogP contribution in [0.2, 0.25) is 5.02 Å². The summed E-state index contributed by atoms with van der Waals surface area (Å²) in [6, 6.07) is 6.66. The normalized spacial score (nSPS) is 11.3. The maximum Gasteiger partial charge on any atom is 0.106 e. The lowest BCUT2D eigenvalue weighted by Gasteiger charge is -2.14. The van der Waals surface area contributed by atoms with Gasteiger partial charge in [-0.15, -0.1) is 0 Å². The second-order valence-corrected chi connectivity index (χ2v) is 5.92. The number of rotatable bonds is 5. The number of halogens is 1. The summed E-state index contributed by atoms with van der Waals surface area (Å²) in [7, 11) is 0. The van der Waals surface area contributed by atoms with Gasteiger partial charge in [0.2, 0.25) is 0 Å². The van der Waals surface area contributed by atoms with E-state index in [4.69, 9.17) is 11.6 Å². The molecule has 0 spiro atoms. The first-order valence-corrected chi connectivity index (χ1v) is 7.34. The van der Waals surface area contributed by atoms with E-state index < -0.39 is 0 Å². The van der Waals surface area contributed by atoms with Crippen LogP contribution in [0.1, 0.15) is 36.5 Å². The van der Waals surface area contributed by atoms with Crippen LogP contribution < -0.4 is 5.32 Å². The Morgan fingerprint density at radius 2 is 2.05 bits per heavy atom. The highest BCUT2D eigenvalue weighted by Crippen LogP contribution is 2.20. The van der Waals surface area contributed by atoms with Crippen molar-refractivity contribution in [1.82, 2.24) is 14.9 Å². The minimum Gasteiger partial charge on any atom is -0.327 e. The van der Waals surface area contributed by atoms with Crippen molar-refractivity contribution in [3.63, 3.8) is 0 Å². The first kappa shape index (κ1) is 15.1. The van der Waals surface area contributed by atoms with E-state index in [1.165, 1.54) is 11.3 Å². The van der Waals surface area contributed by atoms with Crippen LogP contribution in [0.25, 0.3) is 0 Å². The number of hydrogen-bond acceptors (Lipinski definition) is 2. The molecule has 0 aliphatic carbocycles. The van der Waals surface area contributed by atoms with Crippen LogP contribution in [0.15, 0.2) is 24.4 Å². The Morgan fingerprint density at radius 1 is 1.30 bits per heavy atom. The maximum absolute atomic E-state index is 6.33. The van der Waals surface area contributed by atoms with Gasteiger partial charge in [-0.1, -0.05) is 37.6 Å². The highest BCUT2D eigenvalue weighted by molar-refractivity contribution is 6.31. The standard InChI is InChI=1S/C16H22ClN3/c1-11(2)18-8-15-9-19-13(4)20(15)10-14-6-5-12(3)7-16(14)17/h5-7,9,11,18H,8,10H2,1-4H3. The van der Waals surface area contributed by atoms with Crippen LogP contribution in [0, 0.1) is 13.8 Å². The van der Waals surface area contributed by atoms with Crippen LogP contribution >= 0.6 is 11.6 Å². The maximum atomic E-state index is 6.33. The van der Waals surface area contributed by atoms with Crippen molar-refractivity contribution >= 4 is 11.6 Å². The van der Waals surface area contributed by atoms with Crippen LogP contribution in [0.5, 0.6) is 0 Å². The number of aryl methyl sites for hydroxylation is 2. The molecule has 0 radical (unpaired) electrons. The molecule has 1 aromatic carbocycles. The van der Waals surface area contributed by atoms with Crippen molar-refractivity contribution in [3.8, 4) is 0 Å². The van der Waals surface area contributed by atoms with E-state index in [0.717, 1.165) is 29.5 Å². The summed E-state index contributed by atoms with van der Waals surface area (Å²) in [5.41, 5.74) is 3.50. The van der Waals surface area contributed by atoms with Gasteiger partial charge in [-0.25, -0.2) is 4.98 Å². The Morgan fingerprint density at radius 3 is 2.70 bits per heavy atom. The summed E-state index contributed by atoms with van der Waals surface area (Å²) < 4.78 is 2.21. The predicted molar refractivity (Wildman–Crippen MR) is 84.2 cm³/mol. The molecule has 3 nitrogen and oxygen atoms in total. The highest BCUT2D eigenvalue weighted by Gasteiger charge is 2.09. The molecule has 1 aromatic heterocycles. The smallest absolute Gasteiger partial charge is 0.106 e. The molecular weight excluding hydrogens is 270 g/mol. The van der Waals surface area contributed by atoms with Gasteiger partial charge in [0.1, 0.15) is 5.82 Å². The minimum absolute atomic E-state index is 0.460. The average Bonchev–Trinajstić information content (AvgIpc) is 2.71. The minimum atomic E-state index is 0.460. The number of aromatic nitrogens is 2. The van der Waals surface area contributed by atoms with E-state index in [2.05, 4.69) is 47.8 Å². The molecule has 0 saturated heterocycles. The molecule has 4 heteroatoms. The molecule has 2 rings (SSSR count). The largest absolute Gasteiger partial charge is 0.327 e. The zero-order chi connectivity index (χ0) is 14.7. The molecule has 0 atom stereocenters. The van der Waals surface area contributed by atoms with E-state index >= 15 is 0 Å². The molecule has 0 aliphatic heterocycles. The summed E-state index contributed by atoms with van der Waals surface area (Å²) in [6.45, 7) is 9.95. The summed E-state index contributed by atoms with van der Waals surface area (Å²) in [5, 5.41) is 4.25. The predicted octanol–water partition coefficient (Wildman–Crippen LogP) is 3.70. The summed E-state index contributed by atoms with van der Waals surface area (Å²) in [5.74, 6) is 1.02. The fourth-order valence-corrected chi connectivity index (χ4v) is 2.43. The summed E-state index contributed by atoms with van der Waals surface area (Å²) >= 11 is 6.33. The van der Waals surface area contributed by atoms with Gasteiger partial charge >= 0.3 is 0 Å². The number of imidazole rings is 1. The van der Waals surface area contributed by atoms with Crippen molar-refractivity contribution in [3.05, 3.63) is 52.1 Å². The molecule has 0 fully saturated rings. The lowest BCUT2D eigenvalue weighted by molar-refractivity contribution is 0.562. The van der Waals surface area contributed by atoms with Gasteiger partial charge in [-0.2, -0.15) is 0 Å². The van der Waals surface area contributed by atoms with Gasteiger partial charge in [0.05, 0.1) is 12.2 Å². The number of nitrogens with zero attached hydrogens (tertiary/aromatic N) is 2. The van der Waals surface area contributed by atoms with Crippen LogP contribution in [0.4, 0.5) is 0 Å². The van der Waals surface area contributed by atoms with E-state index in [9.17, 15) is 0 Å². The second-order valence-electron chi connectivity index (χ2n) is 5.51. The van der Waals surface area contributed by atoms with E-state index in [-0.39, 0.29) is 0 Å². The molecule has 0 saturated carbocycles. The van der Waals surface area contributed by atoms with Crippen LogP contribution in [-0.2, 0) is 13.1 Å². The number of benzene rings is 1. The van der Waals surface area contributed by atoms with Gasteiger partial charge in [0, 0.05) is 23.8 Å². The molecule has 1 heterocycles. The molecule has 0 unspecified atom stereocenters. The van der Waals surface area contributed by atoms with Crippen molar-refractivity contribution in [2.24, 2.45) is 0 Å². The van der Waals surface area contributed by atoms with Crippen molar-refractivity contribution < 1.29 is 0 Å². The van der Waals surface area contributed by atoms with Crippen molar-refractivity contribution in [2.75, 3.05) is 0 Å². The number of nitrogens with one attached hydrogen (secondary N) is 1. The third kappa shape index (κ3) is 3.62. The summed E-state index contributed by atoms with van der Waals surface area (Å²) in [6.07, 6.45) is 1.94. The monoisotopic (exact) mass is 291 g/mol. The molecule has 0 amide bonds. The molecule has 108 valence electrons. The highest BCUT2D eigenvalue weighted by atomic mass is 35.5. The second kappa shape index (κ2) is 6.42. The van der Waals surface area contributed by atoms with Crippen LogP contribution in [-0.4, -0.2) is 15.6 Å². The Kier molecular flexibility index (Phi) is 4.84. The average molecular weight is 292 g/mol. The van der Waals surface area contributed by atoms with E-state index in [1.54, 1.807) is 0 Å². The quantitative estimate of drug-likeness (QED) is 0.910. The Labute approximate surface area is 126 Å². The van der Waals surface area contributed by atoms with E-state index in [1.807, 2.05) is 19.2 Å². The lowest BCUT2D eigenvalue weighted by atomic mass is 10.1. The Hall–Kier alpha value is -1.32. The molecular formula is C16H22ClN3. The summed E-state index contributed by atoms with van der Waals surface area (Å²) in [4.78, 5) is 4.42. The van der Waals surface area contributed by atoms with Crippen molar-refractivity contribution in [1.29, 1.82) is 0 Å². The SMILES string of the molecule is Cc1ccc(Cn2c(CNC(C)C)cnc2C)c(Cl)c1. The third-order valence-corrected chi connectivity index (χ3v) is 3.72. The van der Waals surface area contributed by atoms with Crippen molar-refractivity contribution in [2.45, 2.75) is 46.8 Å². The molecule has 20 heavy (non-hydrogen) atoms. The van der Waals surface area contributed by atoms with Gasteiger partial charge in [-0.3, -0.25) is 0 Å².